The number of hydrogen-bond donors (Lipinski definition) is 1. The van der Waals surface area contributed by atoms with Crippen LogP contribution >= 0.6 is 0 Å². The first-order valence-corrected chi connectivity index (χ1v) is 9.88. The van der Waals surface area contributed by atoms with Gasteiger partial charge in [0.1, 0.15) is 5.56 Å². The summed E-state index contributed by atoms with van der Waals surface area (Å²) in [6.07, 6.45) is 3.06. The first kappa shape index (κ1) is 20.1. The molecule has 1 aliphatic heterocycles. The van der Waals surface area contributed by atoms with Gasteiger partial charge in [0.2, 0.25) is 5.91 Å². The smallest absolute Gasteiger partial charge is 0.341 e. The van der Waals surface area contributed by atoms with Crippen molar-refractivity contribution in [2.45, 2.75) is 46.6 Å². The molecule has 0 aromatic carbocycles. The van der Waals surface area contributed by atoms with Gasteiger partial charge in [0.25, 0.3) is 0 Å². The summed E-state index contributed by atoms with van der Waals surface area (Å²) in [5.74, 6) is -0.274. The zero-order chi connectivity index (χ0) is 20.4. The number of ether oxygens (including phenoxy) is 1. The number of carbonyl (C=O) groups excluding carboxylic acids is 2. The summed E-state index contributed by atoms with van der Waals surface area (Å²) in [4.78, 5) is 31.6. The van der Waals surface area contributed by atoms with Crippen LogP contribution in [-0.4, -0.2) is 52.4 Å². The Morgan fingerprint density at radius 1 is 1.32 bits per heavy atom. The number of pyridine rings is 1. The minimum Gasteiger partial charge on any atom is -0.462 e. The topological polar surface area (TPSA) is 89.3 Å². The van der Waals surface area contributed by atoms with Crippen LogP contribution in [0.3, 0.4) is 0 Å². The van der Waals surface area contributed by atoms with E-state index in [1.165, 1.54) is 0 Å². The number of piperidine rings is 1. The van der Waals surface area contributed by atoms with Crippen LogP contribution < -0.4 is 10.2 Å². The second kappa shape index (κ2) is 8.16. The molecule has 8 nitrogen and oxygen atoms in total. The van der Waals surface area contributed by atoms with Gasteiger partial charge in [-0.25, -0.2) is 9.78 Å². The van der Waals surface area contributed by atoms with Crippen molar-refractivity contribution in [1.29, 1.82) is 0 Å². The Bertz CT molecular complexity index is 882. The quantitative estimate of drug-likeness (QED) is 0.791. The third kappa shape index (κ3) is 3.81. The molecule has 0 radical (unpaired) electrons. The summed E-state index contributed by atoms with van der Waals surface area (Å²) >= 11 is 0. The number of carbonyl (C=O) groups is 2. The van der Waals surface area contributed by atoms with Gasteiger partial charge in [-0.2, -0.15) is 5.10 Å². The summed E-state index contributed by atoms with van der Waals surface area (Å²) in [6, 6.07) is 0.138. The molecule has 2 aromatic heterocycles. The van der Waals surface area contributed by atoms with E-state index in [1.807, 2.05) is 27.8 Å². The molecule has 152 valence electrons. The van der Waals surface area contributed by atoms with Crippen LogP contribution in [0.1, 0.15) is 49.7 Å². The van der Waals surface area contributed by atoms with Crippen molar-refractivity contribution in [1.82, 2.24) is 20.1 Å². The van der Waals surface area contributed by atoms with E-state index in [2.05, 4.69) is 20.3 Å². The lowest BCUT2D eigenvalue weighted by atomic mass is 9.94. The van der Waals surface area contributed by atoms with Crippen molar-refractivity contribution in [2.75, 3.05) is 24.6 Å². The third-order valence-electron chi connectivity index (χ3n) is 5.11. The predicted molar refractivity (Wildman–Crippen MR) is 107 cm³/mol. The number of nitrogens with one attached hydrogen (secondary N) is 1. The van der Waals surface area contributed by atoms with Gasteiger partial charge in [-0.15, -0.1) is 0 Å². The number of hydrogen-bond acceptors (Lipinski definition) is 6. The van der Waals surface area contributed by atoms with Crippen LogP contribution in [0.4, 0.5) is 5.69 Å². The van der Waals surface area contributed by atoms with Crippen LogP contribution in [-0.2, 0) is 16.6 Å². The summed E-state index contributed by atoms with van der Waals surface area (Å²) in [6.45, 7) is 9.34. The molecule has 1 saturated heterocycles. The van der Waals surface area contributed by atoms with Crippen molar-refractivity contribution in [2.24, 2.45) is 13.0 Å². The van der Waals surface area contributed by atoms with Crippen LogP contribution in [0.15, 0.2) is 6.20 Å². The Kier molecular flexibility index (Phi) is 5.86. The monoisotopic (exact) mass is 387 g/mol. The Hall–Kier alpha value is -2.64. The lowest BCUT2D eigenvalue weighted by Crippen LogP contribution is -2.43. The first-order chi connectivity index (χ1) is 13.3. The largest absolute Gasteiger partial charge is 0.462 e. The molecule has 3 heterocycles. The number of aryl methyl sites for hydroxylation is 2. The molecule has 1 fully saturated rings. The van der Waals surface area contributed by atoms with Gasteiger partial charge in [-0.05, 0) is 40.5 Å². The number of amides is 1. The summed E-state index contributed by atoms with van der Waals surface area (Å²) in [5, 5.41) is 8.35. The molecule has 0 bridgehead atoms. The molecule has 2 aromatic rings. The maximum Gasteiger partial charge on any atom is 0.341 e. The fourth-order valence-corrected chi connectivity index (χ4v) is 3.85. The highest BCUT2D eigenvalue weighted by atomic mass is 16.5. The zero-order valence-electron chi connectivity index (χ0n) is 17.3. The highest BCUT2D eigenvalue weighted by molar-refractivity contribution is 6.05. The molecule has 0 saturated carbocycles. The minimum atomic E-state index is -0.380. The lowest BCUT2D eigenvalue weighted by molar-refractivity contribution is -0.126. The molecule has 1 N–H and O–H groups in total. The Balaban J connectivity index is 1.94. The molecule has 0 atom stereocenters. The van der Waals surface area contributed by atoms with E-state index >= 15 is 0 Å². The number of aromatic nitrogens is 3. The summed E-state index contributed by atoms with van der Waals surface area (Å²) in [5.41, 5.74) is 2.83. The molecule has 0 unspecified atom stereocenters. The second-order valence-corrected chi connectivity index (χ2v) is 7.57. The Labute approximate surface area is 165 Å². The van der Waals surface area contributed by atoms with Crippen LogP contribution in [0.25, 0.3) is 11.0 Å². The van der Waals surface area contributed by atoms with E-state index < -0.39 is 0 Å². The maximum absolute atomic E-state index is 12.6. The molecule has 0 spiro atoms. The number of esters is 1. The van der Waals surface area contributed by atoms with Gasteiger partial charge in [0.05, 0.1) is 23.4 Å². The first-order valence-electron chi connectivity index (χ1n) is 9.88. The highest BCUT2D eigenvalue weighted by Gasteiger charge is 2.30. The number of fused-ring (bicyclic) bond motifs is 1. The lowest BCUT2D eigenvalue weighted by Gasteiger charge is -2.34. The van der Waals surface area contributed by atoms with E-state index in [9.17, 15) is 9.59 Å². The summed E-state index contributed by atoms with van der Waals surface area (Å²) < 4.78 is 6.99. The van der Waals surface area contributed by atoms with Gasteiger partial charge in [0.15, 0.2) is 5.65 Å². The maximum atomic E-state index is 12.6. The normalized spacial score (nSPS) is 15.3. The third-order valence-corrected chi connectivity index (χ3v) is 5.11. The average molecular weight is 387 g/mol. The van der Waals surface area contributed by atoms with E-state index in [4.69, 9.17) is 4.74 Å². The fraction of sp³-hybridized carbons (Fsp3) is 0.600. The molecule has 28 heavy (non-hydrogen) atoms. The van der Waals surface area contributed by atoms with Gasteiger partial charge in [-0.3, -0.25) is 9.48 Å². The summed E-state index contributed by atoms with van der Waals surface area (Å²) in [7, 11) is 1.85. The molecule has 1 aliphatic rings. The van der Waals surface area contributed by atoms with Crippen molar-refractivity contribution >= 4 is 28.6 Å². The van der Waals surface area contributed by atoms with E-state index in [-0.39, 0.29) is 23.8 Å². The molecular formula is C20H29N5O3. The molecule has 0 aliphatic carbocycles. The number of rotatable bonds is 5. The molecule has 3 rings (SSSR count). The highest BCUT2D eigenvalue weighted by Crippen LogP contribution is 2.35. The minimum absolute atomic E-state index is 0.00276. The predicted octanol–water partition coefficient (Wildman–Crippen LogP) is 2.19. The second-order valence-electron chi connectivity index (χ2n) is 7.57. The van der Waals surface area contributed by atoms with Gasteiger partial charge in [0, 0.05) is 38.3 Å². The average Bonchev–Trinajstić information content (AvgIpc) is 2.95. The van der Waals surface area contributed by atoms with Crippen LogP contribution in [0, 0.1) is 12.8 Å². The van der Waals surface area contributed by atoms with E-state index in [0.717, 1.165) is 35.3 Å². The van der Waals surface area contributed by atoms with E-state index in [1.54, 1.807) is 17.8 Å². The molecule has 1 amide bonds. The van der Waals surface area contributed by atoms with Gasteiger partial charge in [-0.1, -0.05) is 0 Å². The number of anilines is 1. The van der Waals surface area contributed by atoms with E-state index in [0.29, 0.717) is 25.3 Å². The Morgan fingerprint density at radius 3 is 2.61 bits per heavy atom. The molecular weight excluding hydrogens is 358 g/mol. The zero-order valence-corrected chi connectivity index (χ0v) is 17.3. The fourth-order valence-electron chi connectivity index (χ4n) is 3.85. The van der Waals surface area contributed by atoms with Crippen molar-refractivity contribution in [3.63, 3.8) is 0 Å². The Morgan fingerprint density at radius 2 is 2.00 bits per heavy atom. The SMILES string of the molecule is CCOC(=O)c1cnc2c(c(C)nn2C)c1N1CCC(C(=O)NC(C)C)CC1. The van der Waals surface area contributed by atoms with Crippen molar-refractivity contribution in [3.05, 3.63) is 17.5 Å². The van der Waals surface area contributed by atoms with Gasteiger partial charge >= 0.3 is 5.97 Å². The van der Waals surface area contributed by atoms with Crippen LogP contribution in [0.2, 0.25) is 0 Å². The van der Waals surface area contributed by atoms with Crippen LogP contribution in [0.5, 0.6) is 0 Å². The van der Waals surface area contributed by atoms with Gasteiger partial charge < -0.3 is 15.0 Å². The standard InChI is InChI=1S/C20H29N5O3/c1-6-28-20(27)15-11-21-18-16(13(4)23-24(18)5)17(15)25-9-7-14(8-10-25)19(26)22-12(2)3/h11-12,14H,6-10H2,1-5H3,(H,22,26). The van der Waals surface area contributed by atoms with Crippen molar-refractivity contribution < 1.29 is 14.3 Å². The van der Waals surface area contributed by atoms with Crippen molar-refractivity contribution in [3.8, 4) is 0 Å². The molecule has 8 heteroatoms. The number of nitrogens with zero attached hydrogens (tertiary/aromatic N) is 4.